The van der Waals surface area contributed by atoms with Gasteiger partial charge in [0.25, 0.3) is 15.9 Å². The number of halogens is 1. The molecule has 1 amide bonds. The number of hydrogen-bond donors (Lipinski definition) is 2. The van der Waals surface area contributed by atoms with Crippen molar-refractivity contribution in [3.8, 4) is 5.75 Å². The molecule has 0 bridgehead atoms. The molecule has 33 heavy (non-hydrogen) atoms. The van der Waals surface area contributed by atoms with Crippen LogP contribution in [0, 0.1) is 0 Å². The van der Waals surface area contributed by atoms with Crippen LogP contribution >= 0.6 is 11.6 Å². The third-order valence-electron chi connectivity index (χ3n) is 4.86. The van der Waals surface area contributed by atoms with E-state index in [1.165, 1.54) is 30.3 Å². The first-order valence-electron chi connectivity index (χ1n) is 10.5. The summed E-state index contributed by atoms with van der Waals surface area (Å²) in [6.45, 7) is 6.86. The van der Waals surface area contributed by atoms with Gasteiger partial charge in [-0.3, -0.25) is 9.52 Å². The lowest BCUT2D eigenvalue weighted by Gasteiger charge is -2.22. The zero-order valence-electron chi connectivity index (χ0n) is 18.8. The second-order valence-corrected chi connectivity index (χ2v) is 10.6. The van der Waals surface area contributed by atoms with Crippen LogP contribution in [0.3, 0.4) is 0 Å². The van der Waals surface area contributed by atoms with Gasteiger partial charge in [0.2, 0.25) is 0 Å². The second-order valence-electron chi connectivity index (χ2n) is 8.46. The molecular weight excluding hydrogens is 460 g/mol. The predicted molar refractivity (Wildman–Crippen MR) is 132 cm³/mol. The smallest absolute Gasteiger partial charge is 0.261 e. The third kappa shape index (κ3) is 6.49. The minimum Gasteiger partial charge on any atom is -0.491 e. The summed E-state index contributed by atoms with van der Waals surface area (Å²) in [4.78, 5) is 12.8. The van der Waals surface area contributed by atoms with Crippen molar-refractivity contribution in [1.82, 2.24) is 5.32 Å². The van der Waals surface area contributed by atoms with Crippen molar-refractivity contribution < 1.29 is 17.9 Å². The van der Waals surface area contributed by atoms with E-state index in [9.17, 15) is 13.2 Å². The Bertz CT molecular complexity index is 1220. The molecule has 0 saturated heterocycles. The summed E-state index contributed by atoms with van der Waals surface area (Å²) in [6.07, 6.45) is 0. The molecule has 0 aliphatic heterocycles. The number of rotatable bonds is 8. The summed E-state index contributed by atoms with van der Waals surface area (Å²) in [6, 6.07) is 20.2. The normalized spacial score (nSPS) is 11.6. The number of carbonyl (C=O) groups is 1. The molecule has 0 heterocycles. The topological polar surface area (TPSA) is 84.5 Å². The maximum absolute atomic E-state index is 12.7. The number of amides is 1. The van der Waals surface area contributed by atoms with Crippen molar-refractivity contribution in [1.29, 1.82) is 0 Å². The Labute approximate surface area is 200 Å². The molecule has 6 nitrogen and oxygen atoms in total. The minimum absolute atomic E-state index is 0.0686. The van der Waals surface area contributed by atoms with Crippen LogP contribution in [0.15, 0.2) is 77.7 Å². The number of nitrogens with one attached hydrogen (secondary N) is 2. The summed E-state index contributed by atoms with van der Waals surface area (Å²) in [5.74, 6) is 0.350. The monoisotopic (exact) mass is 486 g/mol. The van der Waals surface area contributed by atoms with Gasteiger partial charge in [0.05, 0.1) is 22.0 Å². The fourth-order valence-corrected chi connectivity index (χ4v) is 4.48. The first kappa shape index (κ1) is 24.6. The van der Waals surface area contributed by atoms with Crippen LogP contribution in [-0.4, -0.2) is 27.5 Å². The summed E-state index contributed by atoms with van der Waals surface area (Å²) in [5, 5.41) is 2.98. The maximum Gasteiger partial charge on any atom is 0.261 e. The number of para-hydroxylation sites is 1. The molecule has 0 fully saturated rings. The molecule has 3 aromatic rings. The Balaban J connectivity index is 1.63. The quantitative estimate of drug-likeness (QED) is 0.426. The molecule has 0 spiro atoms. The maximum atomic E-state index is 12.7. The Morgan fingerprint density at radius 1 is 0.970 bits per heavy atom. The van der Waals surface area contributed by atoms with Crippen molar-refractivity contribution >= 4 is 33.2 Å². The SMILES string of the molecule is CC(C)(C)c1ccccc1OCCNC(=O)c1cc(NS(=O)(=O)c2ccccc2)ccc1Cl. The van der Waals surface area contributed by atoms with E-state index in [1.54, 1.807) is 18.2 Å². The number of sulfonamides is 1. The number of carbonyl (C=O) groups excluding carboxylic acids is 1. The van der Waals surface area contributed by atoms with Crippen molar-refractivity contribution in [2.75, 3.05) is 17.9 Å². The summed E-state index contributed by atoms with van der Waals surface area (Å²) >= 11 is 6.19. The fraction of sp³-hybridized carbons (Fsp3) is 0.240. The largest absolute Gasteiger partial charge is 0.491 e. The molecule has 0 aliphatic rings. The number of ether oxygens (including phenoxy) is 1. The van der Waals surface area contributed by atoms with Crippen LogP contribution in [0.5, 0.6) is 5.75 Å². The van der Waals surface area contributed by atoms with Crippen LogP contribution in [0.4, 0.5) is 5.69 Å². The Morgan fingerprint density at radius 2 is 1.64 bits per heavy atom. The molecule has 3 rings (SSSR count). The highest BCUT2D eigenvalue weighted by Crippen LogP contribution is 2.30. The summed E-state index contributed by atoms with van der Waals surface area (Å²) < 4.78 is 33.5. The van der Waals surface area contributed by atoms with E-state index in [4.69, 9.17) is 16.3 Å². The van der Waals surface area contributed by atoms with Gasteiger partial charge >= 0.3 is 0 Å². The Hall–Kier alpha value is -3.03. The predicted octanol–water partition coefficient (Wildman–Crippen LogP) is 5.25. The molecule has 0 aliphatic carbocycles. The minimum atomic E-state index is -3.78. The lowest BCUT2D eigenvalue weighted by Crippen LogP contribution is -2.28. The van der Waals surface area contributed by atoms with Crippen LogP contribution in [0.2, 0.25) is 5.02 Å². The van der Waals surface area contributed by atoms with Gasteiger partial charge < -0.3 is 10.1 Å². The van der Waals surface area contributed by atoms with Crippen LogP contribution in [0.1, 0.15) is 36.7 Å². The van der Waals surface area contributed by atoms with E-state index >= 15 is 0 Å². The Morgan fingerprint density at radius 3 is 2.33 bits per heavy atom. The average Bonchev–Trinajstić information content (AvgIpc) is 2.78. The first-order valence-corrected chi connectivity index (χ1v) is 12.3. The number of hydrogen-bond acceptors (Lipinski definition) is 4. The van der Waals surface area contributed by atoms with E-state index in [2.05, 4.69) is 30.8 Å². The lowest BCUT2D eigenvalue weighted by atomic mass is 9.86. The molecule has 0 saturated carbocycles. The zero-order valence-corrected chi connectivity index (χ0v) is 20.3. The van der Waals surface area contributed by atoms with Gasteiger partial charge in [0, 0.05) is 5.69 Å². The molecule has 2 N–H and O–H groups in total. The molecule has 3 aromatic carbocycles. The highest BCUT2D eigenvalue weighted by molar-refractivity contribution is 7.92. The molecule has 174 valence electrons. The summed E-state index contributed by atoms with van der Waals surface area (Å²) in [7, 11) is -3.78. The average molecular weight is 487 g/mol. The van der Waals surface area contributed by atoms with E-state index in [-0.39, 0.29) is 39.7 Å². The third-order valence-corrected chi connectivity index (χ3v) is 6.58. The first-order chi connectivity index (χ1) is 15.6. The van der Waals surface area contributed by atoms with Crippen LogP contribution in [-0.2, 0) is 15.4 Å². The highest BCUT2D eigenvalue weighted by atomic mass is 35.5. The zero-order chi connectivity index (χ0) is 24.1. The van der Waals surface area contributed by atoms with Gasteiger partial charge in [0.1, 0.15) is 12.4 Å². The van der Waals surface area contributed by atoms with Crippen molar-refractivity contribution in [2.24, 2.45) is 0 Å². The Kier molecular flexibility index (Phi) is 7.66. The molecule has 0 radical (unpaired) electrons. The van der Waals surface area contributed by atoms with Crippen molar-refractivity contribution in [2.45, 2.75) is 31.1 Å². The lowest BCUT2D eigenvalue weighted by molar-refractivity contribution is 0.0947. The van der Waals surface area contributed by atoms with E-state index in [0.29, 0.717) is 0 Å². The highest BCUT2D eigenvalue weighted by Gasteiger charge is 2.19. The van der Waals surface area contributed by atoms with Gasteiger partial charge in [0.15, 0.2) is 0 Å². The number of benzene rings is 3. The van der Waals surface area contributed by atoms with Gasteiger partial charge in [-0.1, -0.05) is 68.8 Å². The fourth-order valence-electron chi connectivity index (χ4n) is 3.21. The molecule has 0 atom stereocenters. The van der Waals surface area contributed by atoms with Gasteiger partial charge in [-0.25, -0.2) is 8.42 Å². The van der Waals surface area contributed by atoms with Crippen LogP contribution in [0.25, 0.3) is 0 Å². The van der Waals surface area contributed by atoms with Crippen LogP contribution < -0.4 is 14.8 Å². The molecule has 0 unspecified atom stereocenters. The van der Waals surface area contributed by atoms with E-state index in [0.717, 1.165) is 11.3 Å². The standard InChI is InChI=1S/C25H27ClN2O4S/c1-25(2,3)21-11-7-8-12-23(21)32-16-15-27-24(29)20-17-18(13-14-22(20)26)28-33(30,31)19-9-5-4-6-10-19/h4-14,17,28H,15-16H2,1-3H3,(H,27,29). The molecular formula is C25H27ClN2O4S. The second kappa shape index (κ2) is 10.3. The summed E-state index contributed by atoms with van der Waals surface area (Å²) in [5.41, 5.74) is 1.42. The van der Waals surface area contributed by atoms with Crippen molar-refractivity contribution in [3.05, 3.63) is 88.9 Å². The van der Waals surface area contributed by atoms with Crippen molar-refractivity contribution in [3.63, 3.8) is 0 Å². The van der Waals surface area contributed by atoms with Gasteiger partial charge in [-0.05, 0) is 47.4 Å². The van der Waals surface area contributed by atoms with Gasteiger partial charge in [-0.2, -0.15) is 0 Å². The van der Waals surface area contributed by atoms with Gasteiger partial charge in [-0.15, -0.1) is 0 Å². The number of anilines is 1. The van der Waals surface area contributed by atoms with E-state index in [1.807, 2.05) is 24.3 Å². The molecule has 0 aromatic heterocycles. The van der Waals surface area contributed by atoms with E-state index < -0.39 is 15.9 Å². The molecule has 8 heteroatoms.